The van der Waals surface area contributed by atoms with Crippen molar-refractivity contribution in [1.82, 2.24) is 0 Å². The highest BCUT2D eigenvalue weighted by atomic mass is 32.2. The van der Waals surface area contributed by atoms with Gasteiger partial charge in [-0.25, -0.2) is 4.79 Å². The van der Waals surface area contributed by atoms with Gasteiger partial charge in [0.2, 0.25) is 0 Å². The Kier molecular flexibility index (Phi) is 5.02. The number of thioether (sulfide) groups is 1. The van der Waals surface area contributed by atoms with Gasteiger partial charge in [-0.3, -0.25) is 4.99 Å². The van der Waals surface area contributed by atoms with Crippen molar-refractivity contribution in [1.29, 1.82) is 0 Å². The van der Waals surface area contributed by atoms with Gasteiger partial charge in [0, 0.05) is 6.04 Å². The molecule has 0 aliphatic rings. The number of ether oxygens (including phenoxy) is 1. The monoisotopic (exact) mass is 161 g/mol. The minimum atomic E-state index is -0.329. The van der Waals surface area contributed by atoms with Crippen LogP contribution in [0.1, 0.15) is 13.8 Å². The second-order valence-corrected chi connectivity index (χ2v) is 2.66. The highest BCUT2D eigenvalue weighted by Gasteiger charge is 1.94. The summed E-state index contributed by atoms with van der Waals surface area (Å²) in [6, 6.07) is 0.176. The van der Waals surface area contributed by atoms with Crippen LogP contribution in [0.5, 0.6) is 0 Å². The van der Waals surface area contributed by atoms with Crippen LogP contribution in [0.3, 0.4) is 0 Å². The molecule has 58 valence electrons. The highest BCUT2D eigenvalue weighted by Crippen LogP contribution is 1.96. The molecule has 0 aliphatic heterocycles. The van der Waals surface area contributed by atoms with E-state index in [9.17, 15) is 4.79 Å². The molecule has 0 fully saturated rings. The molecule has 10 heavy (non-hydrogen) atoms. The molecule has 0 heterocycles. The van der Waals surface area contributed by atoms with E-state index in [-0.39, 0.29) is 11.3 Å². The van der Waals surface area contributed by atoms with E-state index in [1.165, 1.54) is 6.40 Å². The van der Waals surface area contributed by atoms with Crippen LogP contribution in [0.15, 0.2) is 4.99 Å². The number of nitrogens with zero attached hydrogens (tertiary/aromatic N) is 1. The first-order valence-corrected chi connectivity index (χ1v) is 4.15. The largest absolute Gasteiger partial charge is 0.407 e. The van der Waals surface area contributed by atoms with Crippen molar-refractivity contribution in [3.63, 3.8) is 0 Å². The maximum atomic E-state index is 10.4. The predicted molar refractivity (Wildman–Crippen MR) is 43.6 cm³/mol. The van der Waals surface area contributed by atoms with E-state index >= 15 is 0 Å². The molecule has 0 bridgehead atoms. The van der Waals surface area contributed by atoms with Crippen LogP contribution in [-0.4, -0.2) is 24.0 Å². The molecule has 0 N–H and O–H groups in total. The highest BCUT2D eigenvalue weighted by molar-refractivity contribution is 8.12. The van der Waals surface area contributed by atoms with Gasteiger partial charge < -0.3 is 4.74 Å². The van der Waals surface area contributed by atoms with Crippen LogP contribution in [0.25, 0.3) is 0 Å². The SMILES string of the molecule is CSC(=O)OC=NC(C)C. The zero-order chi connectivity index (χ0) is 7.98. The smallest absolute Gasteiger partial charge is 0.373 e. The molecule has 0 aliphatic carbocycles. The lowest BCUT2D eigenvalue weighted by Crippen LogP contribution is -1.96. The molecule has 0 saturated heterocycles. The van der Waals surface area contributed by atoms with Crippen molar-refractivity contribution >= 4 is 23.5 Å². The van der Waals surface area contributed by atoms with Crippen LogP contribution in [-0.2, 0) is 4.74 Å². The van der Waals surface area contributed by atoms with Crippen LogP contribution in [0, 0.1) is 0 Å². The van der Waals surface area contributed by atoms with Crippen molar-refractivity contribution in [2.24, 2.45) is 4.99 Å². The Hall–Kier alpha value is -0.510. The van der Waals surface area contributed by atoms with E-state index < -0.39 is 0 Å². The molecular weight excluding hydrogens is 150 g/mol. The summed E-state index contributed by atoms with van der Waals surface area (Å²) in [6.45, 7) is 3.81. The molecule has 0 unspecified atom stereocenters. The van der Waals surface area contributed by atoms with Crippen molar-refractivity contribution in [2.75, 3.05) is 6.26 Å². The summed E-state index contributed by atoms with van der Waals surface area (Å²) in [7, 11) is 0. The van der Waals surface area contributed by atoms with Crippen LogP contribution in [0.4, 0.5) is 4.79 Å². The summed E-state index contributed by atoms with van der Waals surface area (Å²) in [6.07, 6.45) is 2.84. The first-order valence-electron chi connectivity index (χ1n) is 2.93. The third-order valence-electron chi connectivity index (χ3n) is 0.675. The third kappa shape index (κ3) is 5.62. The Morgan fingerprint density at radius 2 is 2.30 bits per heavy atom. The van der Waals surface area contributed by atoms with E-state index in [1.54, 1.807) is 6.26 Å². The van der Waals surface area contributed by atoms with Crippen molar-refractivity contribution in [2.45, 2.75) is 19.9 Å². The first-order chi connectivity index (χ1) is 4.66. The fraction of sp³-hybridized carbons (Fsp3) is 0.667. The maximum absolute atomic E-state index is 10.4. The molecule has 0 saturated carbocycles. The van der Waals surface area contributed by atoms with E-state index in [2.05, 4.69) is 9.73 Å². The Labute approximate surface area is 64.9 Å². The van der Waals surface area contributed by atoms with E-state index in [1.807, 2.05) is 13.8 Å². The lowest BCUT2D eigenvalue weighted by Gasteiger charge is -1.94. The van der Waals surface area contributed by atoms with Gasteiger partial charge in [0.1, 0.15) is 0 Å². The predicted octanol–water partition coefficient (Wildman–Crippen LogP) is 1.92. The van der Waals surface area contributed by atoms with Crippen molar-refractivity contribution in [3.8, 4) is 0 Å². The third-order valence-corrected chi connectivity index (χ3v) is 1.10. The Morgan fingerprint density at radius 3 is 2.70 bits per heavy atom. The van der Waals surface area contributed by atoms with Crippen molar-refractivity contribution in [3.05, 3.63) is 0 Å². The number of carbonyl (C=O) groups is 1. The number of hydrogen-bond donors (Lipinski definition) is 0. The zero-order valence-electron chi connectivity index (χ0n) is 6.33. The molecule has 0 aromatic rings. The van der Waals surface area contributed by atoms with Gasteiger partial charge in [0.15, 0.2) is 6.40 Å². The van der Waals surface area contributed by atoms with Gasteiger partial charge in [0.25, 0.3) is 0 Å². The van der Waals surface area contributed by atoms with Crippen molar-refractivity contribution < 1.29 is 9.53 Å². The summed E-state index contributed by atoms with van der Waals surface area (Å²) < 4.78 is 4.53. The van der Waals surface area contributed by atoms with Gasteiger partial charge >= 0.3 is 5.30 Å². The molecule has 0 aromatic carbocycles. The quantitative estimate of drug-likeness (QED) is 0.353. The maximum Gasteiger partial charge on any atom is 0.373 e. The van der Waals surface area contributed by atoms with E-state index in [4.69, 9.17) is 0 Å². The number of carbonyl (C=O) groups excluding carboxylic acids is 1. The summed E-state index contributed by atoms with van der Waals surface area (Å²) in [5, 5.41) is -0.329. The van der Waals surface area contributed by atoms with Gasteiger partial charge in [-0.05, 0) is 31.9 Å². The minimum Gasteiger partial charge on any atom is -0.407 e. The molecule has 0 spiro atoms. The molecule has 0 radical (unpaired) electrons. The molecule has 0 atom stereocenters. The van der Waals surface area contributed by atoms with Gasteiger partial charge in [-0.2, -0.15) is 0 Å². The Bertz CT molecular complexity index is 134. The summed E-state index contributed by atoms with van der Waals surface area (Å²) in [5.74, 6) is 0. The summed E-state index contributed by atoms with van der Waals surface area (Å²) >= 11 is 1.02. The molecule has 0 amide bonds. The number of hydrogen-bond acceptors (Lipinski definition) is 4. The van der Waals surface area contributed by atoms with Crippen LogP contribution in [0.2, 0.25) is 0 Å². The van der Waals surface area contributed by atoms with Gasteiger partial charge in [0.05, 0.1) is 0 Å². The van der Waals surface area contributed by atoms with Gasteiger partial charge in [-0.15, -0.1) is 0 Å². The van der Waals surface area contributed by atoms with Crippen LogP contribution < -0.4 is 0 Å². The van der Waals surface area contributed by atoms with E-state index in [0.717, 1.165) is 11.8 Å². The van der Waals surface area contributed by atoms with E-state index in [0.29, 0.717) is 0 Å². The molecule has 4 heteroatoms. The normalized spacial score (nSPS) is 10.8. The molecular formula is C6H11NO2S. The van der Waals surface area contributed by atoms with Crippen LogP contribution >= 0.6 is 11.8 Å². The lowest BCUT2D eigenvalue weighted by atomic mass is 10.4. The number of aliphatic imine (C=N–C) groups is 1. The standard InChI is InChI=1S/C6H11NO2S/c1-5(2)7-4-9-6(8)10-3/h4-5H,1-3H3. The fourth-order valence-corrected chi connectivity index (χ4v) is 0.383. The topological polar surface area (TPSA) is 38.7 Å². The molecule has 0 aromatic heterocycles. The lowest BCUT2D eigenvalue weighted by molar-refractivity contribution is 0.226. The summed E-state index contributed by atoms with van der Waals surface area (Å²) in [4.78, 5) is 14.3. The molecule has 0 rings (SSSR count). The Morgan fingerprint density at radius 1 is 1.70 bits per heavy atom. The minimum absolute atomic E-state index is 0.176. The fourth-order valence-electron chi connectivity index (χ4n) is 0.243. The zero-order valence-corrected chi connectivity index (χ0v) is 7.14. The summed E-state index contributed by atoms with van der Waals surface area (Å²) in [5.41, 5.74) is 0. The first kappa shape index (κ1) is 9.49. The molecule has 3 nitrogen and oxygen atoms in total. The Balaban J connectivity index is 3.43. The number of rotatable bonds is 2. The average molecular weight is 161 g/mol. The average Bonchev–Trinajstić information content (AvgIpc) is 1.87. The second-order valence-electron chi connectivity index (χ2n) is 1.92. The second kappa shape index (κ2) is 5.29. The van der Waals surface area contributed by atoms with Gasteiger partial charge in [-0.1, -0.05) is 0 Å².